The van der Waals surface area contributed by atoms with E-state index in [2.05, 4.69) is 36.0 Å². The Morgan fingerprint density at radius 1 is 0.588 bits per heavy atom. The zero-order valence-corrected chi connectivity index (χ0v) is 52.6. The molecule has 17 heteroatoms. The quantitative estimate of drug-likeness (QED) is 0.0338. The van der Waals surface area contributed by atoms with E-state index in [1.807, 2.05) is 60.5 Å². The Balaban J connectivity index is 0.905. The number of carbonyl (C=O) groups excluding carboxylic acids is 4. The van der Waals surface area contributed by atoms with Crippen LogP contribution in [0.2, 0.25) is 0 Å². The van der Waals surface area contributed by atoms with Gasteiger partial charge in [0.05, 0.1) is 24.2 Å². The summed E-state index contributed by atoms with van der Waals surface area (Å²) >= 11 is 0. The van der Waals surface area contributed by atoms with Gasteiger partial charge in [0.1, 0.15) is 6.04 Å². The van der Waals surface area contributed by atoms with Gasteiger partial charge in [0.15, 0.2) is 13.5 Å². The van der Waals surface area contributed by atoms with E-state index >= 15 is 0 Å². The molecule has 0 unspecified atom stereocenters. The van der Waals surface area contributed by atoms with E-state index in [4.69, 9.17) is 24.0 Å². The van der Waals surface area contributed by atoms with E-state index in [-0.39, 0.29) is 49.9 Å². The lowest BCUT2D eigenvalue weighted by Gasteiger charge is -2.43. The number of aromatic nitrogens is 3. The van der Waals surface area contributed by atoms with Crippen molar-refractivity contribution in [2.45, 2.75) is 238 Å². The smallest absolute Gasteiger partial charge is 0.434 e. The van der Waals surface area contributed by atoms with Crippen LogP contribution in [0.4, 0.5) is 14.4 Å². The maximum absolute atomic E-state index is 14.7. The number of nitrogens with one attached hydrogen (secondary N) is 1. The molecule has 0 spiro atoms. The van der Waals surface area contributed by atoms with Crippen molar-refractivity contribution in [3.8, 4) is 0 Å². The summed E-state index contributed by atoms with van der Waals surface area (Å²) in [6.07, 6.45) is 33.3. The summed E-state index contributed by atoms with van der Waals surface area (Å²) in [4.78, 5) is 77.4. The number of piperidine rings is 2. The molecule has 3 amide bonds. The number of aryl methyl sites for hydroxylation is 1. The zero-order chi connectivity index (χ0) is 60.0. The number of ether oxygens (including phenoxy) is 4. The number of hydrogen-bond acceptors (Lipinski definition) is 12. The number of urea groups is 1. The van der Waals surface area contributed by atoms with Crippen LogP contribution < -0.4 is 10.9 Å². The molecule has 3 fully saturated rings. The van der Waals surface area contributed by atoms with E-state index in [1.165, 1.54) is 120 Å². The van der Waals surface area contributed by atoms with Crippen LogP contribution in [0.25, 0.3) is 21.8 Å². The molecule has 3 saturated heterocycles. The number of hydrogen-bond donors (Lipinski definition) is 1. The summed E-state index contributed by atoms with van der Waals surface area (Å²) in [6, 6.07) is 12.9. The maximum Gasteiger partial charge on any atom is 0.510 e. The second-order valence-corrected chi connectivity index (χ2v) is 24.8. The van der Waals surface area contributed by atoms with Crippen LogP contribution in [0, 0.1) is 6.92 Å². The molecule has 0 bridgehead atoms. The number of benzene rings is 2. The fourth-order valence-electron chi connectivity index (χ4n) is 12.9. The minimum Gasteiger partial charge on any atom is -0.434 e. The fraction of sp³-hybridized carbons (Fsp3) is 0.706. The van der Waals surface area contributed by atoms with Crippen LogP contribution in [0.15, 0.2) is 53.5 Å². The topological polar surface area (TPSA) is 170 Å². The van der Waals surface area contributed by atoms with E-state index in [0.29, 0.717) is 62.7 Å². The fourth-order valence-corrected chi connectivity index (χ4v) is 12.9. The molecule has 17 nitrogen and oxygen atoms in total. The highest BCUT2D eigenvalue weighted by Gasteiger charge is 2.34. The molecule has 5 heterocycles. The van der Waals surface area contributed by atoms with Gasteiger partial charge in [-0.2, -0.15) is 5.10 Å². The molecule has 2 aromatic heterocycles. The van der Waals surface area contributed by atoms with Crippen LogP contribution in [-0.2, 0) is 43.6 Å². The molecular weight excluding hydrogens is 1070 g/mol. The standard InChI is InChI=1S/C68H106N8O9/c1-5-7-9-11-13-15-17-19-21-23-25-29-45-82-67(80)84-52-75-51-58-48-55(47-54(3)63(58)70-75)49-61(65(78)73-43-41-72(42-44-73)59-35-37-71(4)38-36-59)69-66(79)74-39-33-56(34-40-74)60-50-57-31-27-28-32-62(57)76(64(60)77)53-85-68(81)83-46-30-26-24-22-20-18-16-14-12-10-8-6-2/h27-28,31-32,47-48,50-51,56,59,61H,5-26,29-30,33-46,49,52-53H2,1-4H3,(H,69,79)/t61-/m1/s1. The average molecular weight is 1180 g/mol. The highest BCUT2D eigenvalue weighted by Crippen LogP contribution is 2.29. The van der Waals surface area contributed by atoms with E-state index < -0.39 is 18.4 Å². The maximum atomic E-state index is 14.7. The van der Waals surface area contributed by atoms with Gasteiger partial charge in [0.25, 0.3) is 5.56 Å². The van der Waals surface area contributed by atoms with Gasteiger partial charge in [0, 0.05) is 68.9 Å². The molecule has 1 atom stereocenters. The second-order valence-electron chi connectivity index (χ2n) is 24.8. The highest BCUT2D eigenvalue weighted by atomic mass is 16.7. The summed E-state index contributed by atoms with van der Waals surface area (Å²) in [7, 11) is 2.17. The Hall–Kier alpha value is -5.68. The van der Waals surface area contributed by atoms with Crippen molar-refractivity contribution in [1.82, 2.24) is 39.3 Å². The lowest BCUT2D eigenvalue weighted by Crippen LogP contribution is -2.59. The van der Waals surface area contributed by atoms with Crippen LogP contribution in [-0.4, -0.2) is 143 Å². The summed E-state index contributed by atoms with van der Waals surface area (Å²) < 4.78 is 24.9. The van der Waals surface area contributed by atoms with Crippen molar-refractivity contribution in [3.63, 3.8) is 0 Å². The summed E-state index contributed by atoms with van der Waals surface area (Å²) in [5, 5.41) is 9.60. The van der Waals surface area contributed by atoms with Crippen LogP contribution in [0.3, 0.4) is 0 Å². The molecule has 2 aromatic carbocycles. The molecule has 3 aliphatic rings. The monoisotopic (exact) mass is 1180 g/mol. The SMILES string of the molecule is CCCCCCCCCCCCCCOC(=O)OCn1cc2cc(C[C@@H](NC(=O)N3CCC(c4cc5ccccc5n(COC(=O)OCCCCCCCCCCCCCC)c4=O)CC3)C(=O)N3CCN(C4CCN(C)CC4)CC3)cc(C)c2n1. The molecule has 472 valence electrons. The summed E-state index contributed by atoms with van der Waals surface area (Å²) in [5.74, 6) is -0.249. The number of amides is 3. The molecular formula is C68H106N8O9. The predicted molar refractivity (Wildman–Crippen MR) is 338 cm³/mol. The van der Waals surface area contributed by atoms with Gasteiger partial charge in [-0.1, -0.05) is 179 Å². The van der Waals surface area contributed by atoms with Gasteiger partial charge in [-0.3, -0.25) is 19.1 Å². The first kappa shape index (κ1) is 66.8. The van der Waals surface area contributed by atoms with Crippen molar-refractivity contribution < 1.29 is 38.1 Å². The van der Waals surface area contributed by atoms with Crippen molar-refractivity contribution in [2.24, 2.45) is 0 Å². The first-order valence-electron chi connectivity index (χ1n) is 33.5. The minimum atomic E-state index is -0.834. The zero-order valence-electron chi connectivity index (χ0n) is 52.6. The Morgan fingerprint density at radius 3 is 1.68 bits per heavy atom. The van der Waals surface area contributed by atoms with Gasteiger partial charge in [0.2, 0.25) is 5.91 Å². The molecule has 0 saturated carbocycles. The number of rotatable bonds is 36. The van der Waals surface area contributed by atoms with Crippen LogP contribution in [0.1, 0.15) is 216 Å². The van der Waals surface area contributed by atoms with Crippen LogP contribution in [0.5, 0.6) is 0 Å². The van der Waals surface area contributed by atoms with Crippen molar-refractivity contribution in [1.29, 1.82) is 0 Å². The van der Waals surface area contributed by atoms with Gasteiger partial charge in [-0.15, -0.1) is 0 Å². The summed E-state index contributed by atoms with van der Waals surface area (Å²) in [6.45, 7) is 12.4. The number of fused-ring (bicyclic) bond motifs is 2. The third-order valence-corrected chi connectivity index (χ3v) is 18.1. The van der Waals surface area contributed by atoms with Gasteiger partial charge in [-0.25, -0.2) is 19.1 Å². The predicted octanol–water partition coefficient (Wildman–Crippen LogP) is 14.0. The highest BCUT2D eigenvalue weighted by molar-refractivity contribution is 5.88. The van der Waals surface area contributed by atoms with Gasteiger partial charge >= 0.3 is 18.3 Å². The molecule has 0 aliphatic carbocycles. The van der Waals surface area contributed by atoms with Gasteiger partial charge < -0.3 is 39.0 Å². The third-order valence-electron chi connectivity index (χ3n) is 18.1. The molecule has 1 N–H and O–H groups in total. The van der Waals surface area contributed by atoms with Crippen LogP contribution >= 0.6 is 0 Å². The minimum absolute atomic E-state index is 0.0977. The molecule has 85 heavy (non-hydrogen) atoms. The number of likely N-dealkylation sites (tertiary alicyclic amines) is 2. The number of piperazine rings is 1. The Kier molecular flexibility index (Phi) is 29.2. The number of para-hydroxylation sites is 1. The molecule has 3 aliphatic heterocycles. The number of unbranched alkanes of at least 4 members (excludes halogenated alkanes) is 22. The number of carbonyl (C=O) groups is 4. The lowest BCUT2D eigenvalue weighted by atomic mass is 9.89. The first-order valence-corrected chi connectivity index (χ1v) is 33.5. The Bertz CT molecular complexity index is 2690. The molecule has 4 aromatic rings. The average Bonchev–Trinajstić information content (AvgIpc) is 2.63. The van der Waals surface area contributed by atoms with Crippen molar-refractivity contribution in [2.75, 3.05) is 72.6 Å². The van der Waals surface area contributed by atoms with E-state index in [0.717, 1.165) is 105 Å². The third kappa shape index (κ3) is 22.2. The van der Waals surface area contributed by atoms with Gasteiger partial charge in [-0.05, 0) is 106 Å². The van der Waals surface area contributed by atoms with E-state index in [9.17, 15) is 24.0 Å². The number of pyridine rings is 1. The normalized spacial score (nSPS) is 16.0. The summed E-state index contributed by atoms with van der Waals surface area (Å²) in [5.41, 5.74) is 3.58. The number of nitrogens with zero attached hydrogens (tertiary/aromatic N) is 7. The second kappa shape index (κ2) is 37.1. The van der Waals surface area contributed by atoms with E-state index in [1.54, 1.807) is 9.58 Å². The molecule has 7 rings (SSSR count). The Labute approximate surface area is 508 Å². The molecule has 0 radical (unpaired) electrons. The van der Waals surface area contributed by atoms with Crippen molar-refractivity contribution in [3.05, 3.63) is 75.7 Å². The Morgan fingerprint density at radius 2 is 1.12 bits per heavy atom. The first-order chi connectivity index (χ1) is 41.5. The largest absolute Gasteiger partial charge is 0.510 e. The lowest BCUT2D eigenvalue weighted by molar-refractivity contribution is -0.135. The van der Waals surface area contributed by atoms with Crippen molar-refractivity contribution >= 4 is 46.1 Å².